The van der Waals surface area contributed by atoms with E-state index in [1.54, 1.807) is 6.20 Å². The Morgan fingerprint density at radius 3 is 2.71 bits per heavy atom. The molecule has 2 N–H and O–H groups in total. The molecule has 1 amide bonds. The van der Waals surface area contributed by atoms with E-state index in [4.69, 9.17) is 4.74 Å². The predicted molar refractivity (Wildman–Crippen MR) is 125 cm³/mol. The Labute approximate surface area is 181 Å². The monoisotopic (exact) mass is 414 g/mol. The topological polar surface area (TPSA) is 66.5 Å². The number of nitrogens with zero attached hydrogens (tertiary/aromatic N) is 2. The SMILES string of the molecule is O=C(Nc1ccc(NCCCN2CCOCC2)nc1)C1=Cc2cccc3cccc1c23. The highest BCUT2D eigenvalue weighted by molar-refractivity contribution is 6.34. The van der Waals surface area contributed by atoms with E-state index in [9.17, 15) is 4.79 Å². The molecule has 3 aromatic rings. The number of carbonyl (C=O) groups is 1. The summed E-state index contributed by atoms with van der Waals surface area (Å²) in [6.07, 6.45) is 4.72. The maximum absolute atomic E-state index is 12.9. The van der Waals surface area contributed by atoms with E-state index >= 15 is 0 Å². The normalized spacial score (nSPS) is 15.7. The van der Waals surface area contributed by atoms with Crippen LogP contribution in [0.25, 0.3) is 22.4 Å². The molecular weight excluding hydrogens is 388 g/mol. The van der Waals surface area contributed by atoms with Gasteiger partial charge in [-0.25, -0.2) is 4.98 Å². The van der Waals surface area contributed by atoms with Crippen molar-refractivity contribution in [3.63, 3.8) is 0 Å². The van der Waals surface area contributed by atoms with Crippen molar-refractivity contribution in [3.8, 4) is 0 Å². The fraction of sp³-hybridized carbons (Fsp3) is 0.280. The standard InChI is InChI=1S/C25H26N4O2/c30-25(22-16-19-6-1-4-18-5-2-7-21(22)24(18)19)28-20-8-9-23(27-17-20)26-10-3-11-29-12-14-31-15-13-29/h1-2,4-9,16-17H,3,10-15H2,(H,26,27)(H,28,30). The number of morpholine rings is 1. The van der Waals surface area contributed by atoms with Crippen molar-refractivity contribution in [1.29, 1.82) is 0 Å². The number of benzene rings is 2. The third kappa shape index (κ3) is 4.31. The molecule has 1 aromatic heterocycles. The van der Waals surface area contributed by atoms with E-state index in [-0.39, 0.29) is 5.91 Å². The molecule has 1 aliphatic heterocycles. The Morgan fingerprint density at radius 2 is 1.90 bits per heavy atom. The molecule has 0 spiro atoms. The summed E-state index contributed by atoms with van der Waals surface area (Å²) in [5, 5.41) is 8.63. The molecule has 0 bridgehead atoms. The van der Waals surface area contributed by atoms with Crippen molar-refractivity contribution in [1.82, 2.24) is 9.88 Å². The molecule has 0 unspecified atom stereocenters. The number of ether oxygens (including phenoxy) is 1. The van der Waals surface area contributed by atoms with Gasteiger partial charge in [0, 0.05) is 25.2 Å². The van der Waals surface area contributed by atoms with Gasteiger partial charge in [0.25, 0.3) is 5.91 Å². The molecular formula is C25H26N4O2. The van der Waals surface area contributed by atoms with Crippen molar-refractivity contribution in [2.45, 2.75) is 6.42 Å². The zero-order chi connectivity index (χ0) is 21.0. The fourth-order valence-corrected chi connectivity index (χ4v) is 4.25. The zero-order valence-corrected chi connectivity index (χ0v) is 17.4. The van der Waals surface area contributed by atoms with Crippen LogP contribution in [0.3, 0.4) is 0 Å². The molecule has 1 fully saturated rings. The van der Waals surface area contributed by atoms with Crippen LogP contribution in [0.2, 0.25) is 0 Å². The third-order valence-electron chi connectivity index (χ3n) is 5.85. The van der Waals surface area contributed by atoms with Crippen LogP contribution >= 0.6 is 0 Å². The summed E-state index contributed by atoms with van der Waals surface area (Å²) in [6.45, 7) is 5.63. The number of pyridine rings is 1. The lowest BCUT2D eigenvalue weighted by atomic mass is 10.0. The summed E-state index contributed by atoms with van der Waals surface area (Å²) in [6, 6.07) is 16.0. The molecule has 2 aliphatic rings. The molecule has 2 aromatic carbocycles. The number of hydrogen-bond acceptors (Lipinski definition) is 5. The minimum Gasteiger partial charge on any atom is -0.379 e. The lowest BCUT2D eigenvalue weighted by Gasteiger charge is -2.26. The van der Waals surface area contributed by atoms with Crippen molar-refractivity contribution in [2.24, 2.45) is 0 Å². The van der Waals surface area contributed by atoms with E-state index in [1.807, 2.05) is 42.5 Å². The Hall–Kier alpha value is -3.22. The lowest BCUT2D eigenvalue weighted by Crippen LogP contribution is -2.37. The number of carbonyl (C=O) groups excluding carboxylic acids is 1. The van der Waals surface area contributed by atoms with Crippen LogP contribution in [0.4, 0.5) is 11.5 Å². The van der Waals surface area contributed by atoms with E-state index in [1.165, 1.54) is 0 Å². The molecule has 158 valence electrons. The highest BCUT2D eigenvalue weighted by Crippen LogP contribution is 2.36. The van der Waals surface area contributed by atoms with Crippen LogP contribution in [-0.2, 0) is 9.53 Å². The molecule has 1 aliphatic carbocycles. The van der Waals surface area contributed by atoms with Gasteiger partial charge < -0.3 is 15.4 Å². The number of anilines is 2. The molecule has 31 heavy (non-hydrogen) atoms. The van der Waals surface area contributed by atoms with Crippen molar-refractivity contribution in [3.05, 3.63) is 65.9 Å². The Bertz CT molecular complexity index is 1110. The van der Waals surface area contributed by atoms with Crippen molar-refractivity contribution < 1.29 is 9.53 Å². The van der Waals surface area contributed by atoms with E-state index in [0.717, 1.165) is 73.5 Å². The Kier molecular flexibility index (Phi) is 5.65. The minimum atomic E-state index is -0.114. The van der Waals surface area contributed by atoms with Crippen LogP contribution < -0.4 is 10.6 Å². The smallest absolute Gasteiger partial charge is 0.256 e. The number of nitrogens with one attached hydrogen (secondary N) is 2. The number of aromatic nitrogens is 1. The molecule has 6 nitrogen and oxygen atoms in total. The first-order valence-corrected chi connectivity index (χ1v) is 10.8. The number of amides is 1. The first-order chi connectivity index (χ1) is 15.3. The molecule has 0 radical (unpaired) electrons. The first kappa shape index (κ1) is 19.7. The average Bonchev–Trinajstić information content (AvgIpc) is 3.19. The molecule has 0 atom stereocenters. The predicted octanol–water partition coefficient (Wildman–Crippen LogP) is 3.86. The molecule has 0 saturated carbocycles. The van der Waals surface area contributed by atoms with Gasteiger partial charge in [-0.15, -0.1) is 0 Å². The molecule has 1 saturated heterocycles. The molecule has 5 rings (SSSR count). The minimum absolute atomic E-state index is 0.114. The summed E-state index contributed by atoms with van der Waals surface area (Å²) in [5.74, 6) is 0.703. The van der Waals surface area contributed by atoms with Crippen LogP contribution in [0.5, 0.6) is 0 Å². The van der Waals surface area contributed by atoms with Gasteiger partial charge in [-0.2, -0.15) is 0 Å². The van der Waals surface area contributed by atoms with Crippen molar-refractivity contribution >= 4 is 39.8 Å². The van der Waals surface area contributed by atoms with Crippen molar-refractivity contribution in [2.75, 3.05) is 50.0 Å². The second-order valence-corrected chi connectivity index (χ2v) is 7.93. The summed E-state index contributed by atoms with van der Waals surface area (Å²) in [4.78, 5) is 19.8. The molecule has 6 heteroatoms. The number of rotatable bonds is 7. The largest absolute Gasteiger partial charge is 0.379 e. The lowest BCUT2D eigenvalue weighted by molar-refractivity contribution is -0.111. The second kappa shape index (κ2) is 8.88. The summed E-state index contributed by atoms with van der Waals surface area (Å²) < 4.78 is 5.38. The van der Waals surface area contributed by atoms with Crippen LogP contribution in [0.15, 0.2) is 54.7 Å². The number of hydrogen-bond donors (Lipinski definition) is 2. The molecule has 2 heterocycles. The van der Waals surface area contributed by atoms with Crippen LogP contribution in [0.1, 0.15) is 17.5 Å². The van der Waals surface area contributed by atoms with Gasteiger partial charge in [-0.05, 0) is 53.1 Å². The fourth-order valence-electron chi connectivity index (χ4n) is 4.25. The van der Waals surface area contributed by atoms with Gasteiger partial charge in [0.2, 0.25) is 0 Å². The Balaban J connectivity index is 1.16. The highest BCUT2D eigenvalue weighted by Gasteiger charge is 2.21. The maximum Gasteiger partial charge on any atom is 0.256 e. The van der Waals surface area contributed by atoms with Crippen LogP contribution in [0, 0.1) is 0 Å². The Morgan fingerprint density at radius 1 is 1.06 bits per heavy atom. The van der Waals surface area contributed by atoms with E-state index < -0.39 is 0 Å². The van der Waals surface area contributed by atoms with Crippen LogP contribution in [-0.4, -0.2) is 55.2 Å². The van der Waals surface area contributed by atoms with E-state index in [0.29, 0.717) is 11.3 Å². The average molecular weight is 415 g/mol. The van der Waals surface area contributed by atoms with Gasteiger partial charge in [0.05, 0.1) is 25.1 Å². The summed E-state index contributed by atoms with van der Waals surface area (Å²) in [5.41, 5.74) is 3.45. The van der Waals surface area contributed by atoms with Gasteiger partial charge in [0.1, 0.15) is 5.82 Å². The van der Waals surface area contributed by atoms with Gasteiger partial charge in [-0.3, -0.25) is 9.69 Å². The van der Waals surface area contributed by atoms with Gasteiger partial charge in [-0.1, -0.05) is 36.4 Å². The quantitative estimate of drug-likeness (QED) is 0.575. The highest BCUT2D eigenvalue weighted by atomic mass is 16.5. The first-order valence-electron chi connectivity index (χ1n) is 10.8. The van der Waals surface area contributed by atoms with E-state index in [2.05, 4.69) is 32.7 Å². The second-order valence-electron chi connectivity index (χ2n) is 7.93. The summed E-state index contributed by atoms with van der Waals surface area (Å²) in [7, 11) is 0. The third-order valence-corrected chi connectivity index (χ3v) is 5.85. The van der Waals surface area contributed by atoms with Gasteiger partial charge >= 0.3 is 0 Å². The zero-order valence-electron chi connectivity index (χ0n) is 17.4. The summed E-state index contributed by atoms with van der Waals surface area (Å²) >= 11 is 0. The maximum atomic E-state index is 12.9. The van der Waals surface area contributed by atoms with Gasteiger partial charge in [0.15, 0.2) is 0 Å².